The summed E-state index contributed by atoms with van der Waals surface area (Å²) in [6.07, 6.45) is 1.14. The van der Waals surface area contributed by atoms with Gasteiger partial charge in [0.25, 0.3) is 0 Å². The Hall–Kier alpha value is -2.22. The molecule has 8 heteroatoms. The van der Waals surface area contributed by atoms with Crippen LogP contribution in [-0.4, -0.2) is 57.6 Å². The molecule has 2 aliphatic rings. The summed E-state index contributed by atoms with van der Waals surface area (Å²) in [6.45, 7) is 5.03. The van der Waals surface area contributed by atoms with Gasteiger partial charge in [0.05, 0.1) is 6.21 Å². The van der Waals surface area contributed by atoms with Gasteiger partial charge in [0.15, 0.2) is 11.3 Å². The normalized spacial score (nSPS) is 23.9. The maximum absolute atomic E-state index is 13.0. The van der Waals surface area contributed by atoms with Crippen molar-refractivity contribution in [1.82, 2.24) is 20.1 Å². The number of carbonyl (C=O) groups is 1. The number of fused-ring (bicyclic) bond motifs is 1. The fraction of sp³-hybridized carbons (Fsp3) is 0.400. The Bertz CT molecular complexity index is 650. The molecule has 122 valence electrons. The van der Waals surface area contributed by atoms with Crippen LogP contribution in [0.15, 0.2) is 29.4 Å². The van der Waals surface area contributed by atoms with Gasteiger partial charge in [-0.2, -0.15) is 5.10 Å². The van der Waals surface area contributed by atoms with Crippen LogP contribution in [0, 0.1) is 5.82 Å². The van der Waals surface area contributed by atoms with Crippen molar-refractivity contribution in [2.45, 2.75) is 26.2 Å². The molecule has 0 bridgehead atoms. The Morgan fingerprint density at radius 2 is 1.91 bits per heavy atom. The molecule has 2 aliphatic heterocycles. The van der Waals surface area contributed by atoms with E-state index in [9.17, 15) is 9.18 Å². The predicted molar refractivity (Wildman–Crippen MR) is 89.3 cm³/mol. The number of urea groups is 1. The minimum Gasteiger partial charge on any atom is -0.337 e. The second-order valence-electron chi connectivity index (χ2n) is 5.30. The average Bonchev–Trinajstić information content (AvgIpc) is 2.98. The number of hydrogen-bond donors (Lipinski definition) is 1. The second-order valence-corrected chi connectivity index (χ2v) is 5.69. The highest BCUT2D eigenvalue weighted by molar-refractivity contribution is 7.80. The second kappa shape index (κ2) is 6.11. The summed E-state index contributed by atoms with van der Waals surface area (Å²) in [5, 5.41) is 9.68. The van der Waals surface area contributed by atoms with Crippen LogP contribution in [0.2, 0.25) is 0 Å². The summed E-state index contributed by atoms with van der Waals surface area (Å²) in [5.74, 6) is -0.294. The molecule has 2 heterocycles. The van der Waals surface area contributed by atoms with Crippen LogP contribution >= 0.6 is 12.2 Å². The molecular weight excluding hydrogens is 317 g/mol. The first kappa shape index (κ1) is 15.7. The van der Waals surface area contributed by atoms with Crippen molar-refractivity contribution in [2.24, 2.45) is 5.10 Å². The largest absolute Gasteiger partial charge is 0.337 e. The highest BCUT2D eigenvalue weighted by Crippen LogP contribution is 2.29. The van der Waals surface area contributed by atoms with E-state index < -0.39 is 0 Å². The van der Waals surface area contributed by atoms with E-state index in [1.807, 2.05) is 13.8 Å². The van der Waals surface area contributed by atoms with E-state index in [4.69, 9.17) is 12.2 Å². The minimum absolute atomic E-state index is 0.0259. The molecule has 1 aromatic rings. The van der Waals surface area contributed by atoms with E-state index in [0.29, 0.717) is 18.2 Å². The van der Waals surface area contributed by atoms with Crippen molar-refractivity contribution in [3.05, 3.63) is 35.6 Å². The monoisotopic (exact) mass is 335 g/mol. The lowest BCUT2D eigenvalue weighted by molar-refractivity contribution is 0.157. The maximum Gasteiger partial charge on any atom is 0.323 e. The molecule has 2 amide bonds. The summed E-state index contributed by atoms with van der Waals surface area (Å²) in [7, 11) is 0. The zero-order valence-electron chi connectivity index (χ0n) is 12.9. The summed E-state index contributed by atoms with van der Waals surface area (Å²) in [5.41, 5.74) is 0.761. The highest BCUT2D eigenvalue weighted by Gasteiger charge is 2.53. The number of halogens is 1. The number of carbonyl (C=O) groups excluding carboxylic acids is 1. The third-order valence-electron chi connectivity index (χ3n) is 4.04. The number of rotatable bonds is 4. The minimum atomic E-state index is -0.294. The molecule has 2 atom stereocenters. The molecule has 0 spiro atoms. The summed E-state index contributed by atoms with van der Waals surface area (Å²) >= 11 is 5.35. The van der Waals surface area contributed by atoms with Gasteiger partial charge in [-0.05, 0) is 43.8 Å². The number of thiocarbonyl (C=S) groups is 1. The van der Waals surface area contributed by atoms with E-state index in [1.54, 1.807) is 33.2 Å². The molecule has 6 nitrogen and oxygen atoms in total. The SMILES string of the molecule is CCN1C(=O)N(CC)C2C1NC(=S)N2/N=C/c1ccc(F)cc1. The molecule has 2 saturated heterocycles. The van der Waals surface area contributed by atoms with Gasteiger partial charge in [0.1, 0.15) is 12.0 Å². The third kappa shape index (κ3) is 2.63. The quantitative estimate of drug-likeness (QED) is 0.673. The number of hydrogen-bond acceptors (Lipinski definition) is 3. The maximum atomic E-state index is 13.0. The van der Waals surface area contributed by atoms with E-state index in [-0.39, 0.29) is 24.2 Å². The smallest absolute Gasteiger partial charge is 0.323 e. The number of likely N-dealkylation sites (N-methyl/N-ethyl adjacent to an activating group) is 2. The number of nitrogens with one attached hydrogen (secondary N) is 1. The van der Waals surface area contributed by atoms with Crippen LogP contribution in [-0.2, 0) is 0 Å². The van der Waals surface area contributed by atoms with Gasteiger partial charge >= 0.3 is 6.03 Å². The molecule has 3 rings (SSSR count). The van der Waals surface area contributed by atoms with E-state index in [0.717, 1.165) is 5.56 Å². The van der Waals surface area contributed by atoms with Gasteiger partial charge in [-0.1, -0.05) is 12.1 Å². The lowest BCUT2D eigenvalue weighted by atomic mass is 10.2. The molecule has 0 saturated carbocycles. The lowest BCUT2D eigenvalue weighted by Gasteiger charge is -2.25. The van der Waals surface area contributed by atoms with E-state index >= 15 is 0 Å². The molecule has 0 aliphatic carbocycles. The van der Waals surface area contributed by atoms with Crippen molar-refractivity contribution in [2.75, 3.05) is 13.1 Å². The summed E-state index contributed by atoms with van der Waals surface area (Å²) < 4.78 is 13.0. The first-order valence-corrected chi connectivity index (χ1v) is 7.94. The summed E-state index contributed by atoms with van der Waals surface area (Å²) in [6, 6.07) is 6.00. The van der Waals surface area contributed by atoms with Crippen molar-refractivity contribution in [1.29, 1.82) is 0 Å². The van der Waals surface area contributed by atoms with Crippen LogP contribution in [0.4, 0.5) is 9.18 Å². The van der Waals surface area contributed by atoms with Crippen molar-refractivity contribution < 1.29 is 9.18 Å². The topological polar surface area (TPSA) is 51.2 Å². The Morgan fingerprint density at radius 1 is 1.26 bits per heavy atom. The first-order chi connectivity index (χ1) is 11.1. The predicted octanol–water partition coefficient (Wildman–Crippen LogP) is 1.78. The number of amides is 2. The fourth-order valence-electron chi connectivity index (χ4n) is 2.91. The molecule has 23 heavy (non-hydrogen) atoms. The zero-order chi connectivity index (χ0) is 16.6. The number of benzene rings is 1. The first-order valence-electron chi connectivity index (χ1n) is 7.53. The van der Waals surface area contributed by atoms with Gasteiger partial charge in [0.2, 0.25) is 0 Å². The molecule has 0 aromatic heterocycles. The Morgan fingerprint density at radius 3 is 2.52 bits per heavy atom. The Balaban J connectivity index is 1.85. The molecule has 2 unspecified atom stereocenters. The van der Waals surface area contributed by atoms with Crippen LogP contribution in [0.5, 0.6) is 0 Å². The Labute approximate surface area is 139 Å². The average molecular weight is 335 g/mol. The van der Waals surface area contributed by atoms with E-state index in [1.165, 1.54) is 12.1 Å². The molecular formula is C15H18FN5OS. The van der Waals surface area contributed by atoms with Crippen molar-refractivity contribution >= 4 is 29.6 Å². The molecule has 1 N–H and O–H groups in total. The van der Waals surface area contributed by atoms with Crippen LogP contribution in [0.25, 0.3) is 0 Å². The third-order valence-corrected chi connectivity index (χ3v) is 4.35. The summed E-state index contributed by atoms with van der Waals surface area (Å²) in [4.78, 5) is 15.9. The molecule has 2 fully saturated rings. The Kier molecular flexibility index (Phi) is 4.16. The van der Waals surface area contributed by atoms with Gasteiger partial charge in [0, 0.05) is 13.1 Å². The lowest BCUT2D eigenvalue weighted by Crippen LogP contribution is -2.43. The standard InChI is InChI=1S/C15H18FN5OS/c1-3-19-12-13(20(4-2)15(19)22)21(14(23)18-12)17-9-10-5-7-11(16)8-6-10/h5-9,12-13H,3-4H2,1-2H3,(H,18,23)/b17-9+. The van der Waals surface area contributed by atoms with Gasteiger partial charge in [-0.3, -0.25) is 4.90 Å². The van der Waals surface area contributed by atoms with Gasteiger partial charge in [-0.15, -0.1) is 0 Å². The van der Waals surface area contributed by atoms with Crippen LogP contribution in [0.1, 0.15) is 19.4 Å². The molecule has 1 aromatic carbocycles. The van der Waals surface area contributed by atoms with Gasteiger partial charge in [-0.25, -0.2) is 14.2 Å². The highest BCUT2D eigenvalue weighted by atomic mass is 32.1. The van der Waals surface area contributed by atoms with E-state index in [2.05, 4.69) is 10.4 Å². The zero-order valence-corrected chi connectivity index (χ0v) is 13.8. The van der Waals surface area contributed by atoms with Crippen molar-refractivity contribution in [3.8, 4) is 0 Å². The van der Waals surface area contributed by atoms with Crippen LogP contribution in [0.3, 0.4) is 0 Å². The van der Waals surface area contributed by atoms with Gasteiger partial charge < -0.3 is 10.2 Å². The van der Waals surface area contributed by atoms with Crippen LogP contribution < -0.4 is 5.32 Å². The van der Waals surface area contributed by atoms with Crippen molar-refractivity contribution in [3.63, 3.8) is 0 Å². The molecule has 0 radical (unpaired) electrons. The number of hydrazone groups is 1. The number of nitrogens with zero attached hydrogens (tertiary/aromatic N) is 4. The fourth-order valence-corrected chi connectivity index (χ4v) is 3.19.